The number of likely N-dealkylation sites (tertiary alicyclic amines) is 1. The van der Waals surface area contributed by atoms with Gasteiger partial charge in [-0.05, 0) is 80.4 Å². The summed E-state index contributed by atoms with van der Waals surface area (Å²) in [6.07, 6.45) is 5.06. The third-order valence-electron chi connectivity index (χ3n) is 10.5. The van der Waals surface area contributed by atoms with E-state index in [1.807, 2.05) is 58.0 Å². The fourth-order valence-electron chi connectivity index (χ4n) is 7.70. The van der Waals surface area contributed by atoms with Crippen LogP contribution in [0.15, 0.2) is 36.4 Å². The summed E-state index contributed by atoms with van der Waals surface area (Å²) in [4.78, 5) is 49.1. The van der Waals surface area contributed by atoms with Crippen LogP contribution in [0.4, 0.5) is 16.2 Å². The Labute approximate surface area is 277 Å². The summed E-state index contributed by atoms with van der Waals surface area (Å²) in [6, 6.07) is 12.3. The van der Waals surface area contributed by atoms with E-state index in [9.17, 15) is 14.4 Å². The molecular weight excluding hydrogens is 602 g/mol. The van der Waals surface area contributed by atoms with E-state index in [1.54, 1.807) is 0 Å². The molecular formula is C35H48ClN7O3. The Balaban J connectivity index is 1.10. The van der Waals surface area contributed by atoms with Gasteiger partial charge in [0.05, 0.1) is 16.6 Å². The van der Waals surface area contributed by atoms with Crippen LogP contribution in [0.3, 0.4) is 0 Å². The van der Waals surface area contributed by atoms with Crippen molar-refractivity contribution in [3.8, 4) is 0 Å². The average molecular weight is 650 g/mol. The SMILES string of the molecule is CCc1cc(C[C@@H](CC(=O)N2CCC(N3Cc4ccccc4NC3=O)CC2)C(=O)N2CCN(C3CCNCC3)CC2)cc(Cl)c1N. The van der Waals surface area contributed by atoms with Crippen LogP contribution in [-0.4, -0.2) is 102 Å². The molecule has 2 aromatic rings. The number of rotatable bonds is 8. The Kier molecular flexibility index (Phi) is 10.4. The smallest absolute Gasteiger partial charge is 0.322 e. The number of nitrogens with one attached hydrogen (secondary N) is 2. The lowest BCUT2D eigenvalue weighted by atomic mass is 9.91. The maximum atomic E-state index is 14.1. The molecule has 46 heavy (non-hydrogen) atoms. The van der Waals surface area contributed by atoms with Gasteiger partial charge in [0.1, 0.15) is 0 Å². The summed E-state index contributed by atoms with van der Waals surface area (Å²) in [7, 11) is 0. The van der Waals surface area contributed by atoms with Gasteiger partial charge in [0.2, 0.25) is 11.8 Å². The molecule has 6 rings (SSSR count). The van der Waals surface area contributed by atoms with Crippen molar-refractivity contribution in [1.82, 2.24) is 24.9 Å². The van der Waals surface area contributed by atoms with Crippen LogP contribution in [0.1, 0.15) is 55.7 Å². The van der Waals surface area contributed by atoms with Crippen LogP contribution < -0.4 is 16.4 Å². The predicted molar refractivity (Wildman–Crippen MR) is 182 cm³/mol. The summed E-state index contributed by atoms with van der Waals surface area (Å²) >= 11 is 6.50. The predicted octanol–water partition coefficient (Wildman–Crippen LogP) is 3.97. The number of urea groups is 1. The molecule has 248 valence electrons. The number of hydrogen-bond donors (Lipinski definition) is 3. The molecule has 2 aromatic carbocycles. The summed E-state index contributed by atoms with van der Waals surface area (Å²) in [5.74, 6) is -0.442. The molecule has 0 saturated carbocycles. The lowest BCUT2D eigenvalue weighted by Crippen LogP contribution is -2.55. The molecule has 4 aliphatic rings. The van der Waals surface area contributed by atoms with Gasteiger partial charge in [0.25, 0.3) is 0 Å². The van der Waals surface area contributed by atoms with Gasteiger partial charge in [0.15, 0.2) is 0 Å². The number of nitrogens with zero attached hydrogens (tertiary/aromatic N) is 4. The minimum Gasteiger partial charge on any atom is -0.397 e. The summed E-state index contributed by atoms with van der Waals surface area (Å²) in [6.45, 7) is 8.95. The molecule has 0 radical (unpaired) electrons. The van der Waals surface area contributed by atoms with Gasteiger partial charge >= 0.3 is 6.03 Å². The Hall–Kier alpha value is -3.34. The Morgan fingerprint density at radius 2 is 1.67 bits per heavy atom. The van der Waals surface area contributed by atoms with Crippen LogP contribution >= 0.6 is 11.6 Å². The van der Waals surface area contributed by atoms with Gasteiger partial charge in [-0.15, -0.1) is 0 Å². The largest absolute Gasteiger partial charge is 0.397 e. The maximum absolute atomic E-state index is 14.1. The lowest BCUT2D eigenvalue weighted by molar-refractivity contribution is -0.143. The number of piperazine rings is 1. The lowest BCUT2D eigenvalue weighted by Gasteiger charge is -2.42. The third-order valence-corrected chi connectivity index (χ3v) is 10.8. The van der Waals surface area contributed by atoms with Crippen LogP contribution in [0.25, 0.3) is 0 Å². The average Bonchev–Trinajstić information content (AvgIpc) is 3.09. The molecule has 0 unspecified atom stereocenters. The number of nitrogen functional groups attached to an aromatic ring is 1. The number of fused-ring (bicyclic) bond motifs is 1. The van der Waals surface area contributed by atoms with Crippen LogP contribution in [0.2, 0.25) is 5.02 Å². The molecule has 0 bridgehead atoms. The van der Waals surface area contributed by atoms with Crippen LogP contribution in [-0.2, 0) is 29.0 Å². The highest BCUT2D eigenvalue weighted by Gasteiger charge is 2.36. The van der Waals surface area contributed by atoms with Crippen molar-refractivity contribution in [2.75, 3.05) is 63.4 Å². The topological polar surface area (TPSA) is 114 Å². The van der Waals surface area contributed by atoms with Crippen molar-refractivity contribution >= 4 is 40.8 Å². The van der Waals surface area contributed by atoms with Gasteiger partial charge in [-0.1, -0.05) is 42.8 Å². The number of benzene rings is 2. The Morgan fingerprint density at radius 3 is 2.39 bits per heavy atom. The molecule has 3 fully saturated rings. The molecule has 4 aliphatic heterocycles. The molecule has 0 aliphatic carbocycles. The third kappa shape index (κ3) is 7.29. The Bertz CT molecular complexity index is 1410. The first-order valence-electron chi connectivity index (χ1n) is 17.0. The van der Waals surface area contributed by atoms with Gasteiger partial charge in [-0.2, -0.15) is 0 Å². The first-order valence-corrected chi connectivity index (χ1v) is 17.4. The quantitative estimate of drug-likeness (QED) is 0.373. The molecule has 0 spiro atoms. The molecule has 4 N–H and O–H groups in total. The molecule has 3 saturated heterocycles. The van der Waals surface area contributed by atoms with E-state index in [4.69, 9.17) is 17.3 Å². The summed E-state index contributed by atoms with van der Waals surface area (Å²) in [5, 5.41) is 6.95. The normalized spacial score (nSPS) is 20.7. The van der Waals surface area contributed by atoms with Crippen molar-refractivity contribution in [3.05, 3.63) is 58.1 Å². The number of anilines is 2. The molecule has 1 atom stereocenters. The van der Waals surface area contributed by atoms with Crippen LogP contribution in [0.5, 0.6) is 0 Å². The van der Waals surface area contributed by atoms with Crippen molar-refractivity contribution in [3.63, 3.8) is 0 Å². The standard InChI is InChI=1S/C35H48ClN7O3/c1-2-25-19-24(21-30(36)33(25)37)20-27(34(45)42-17-15-40(16-18-42)28-7-11-38-12-8-28)22-32(44)41-13-9-29(10-14-41)43-23-26-5-3-4-6-31(26)39-35(43)46/h3-6,19,21,27-29,38H,2,7-18,20,22-23,37H2,1H3,(H,39,46)/t27-/m0/s1. The van der Waals surface area contributed by atoms with E-state index in [0.29, 0.717) is 68.7 Å². The number of hydrogen-bond acceptors (Lipinski definition) is 6. The fraction of sp³-hybridized carbons (Fsp3) is 0.571. The van der Waals surface area contributed by atoms with E-state index in [2.05, 4.69) is 15.5 Å². The molecule has 11 heteroatoms. The van der Waals surface area contributed by atoms with Crippen molar-refractivity contribution in [2.24, 2.45) is 5.92 Å². The van der Waals surface area contributed by atoms with E-state index < -0.39 is 5.92 Å². The van der Waals surface area contributed by atoms with Gasteiger partial charge in [-0.3, -0.25) is 14.5 Å². The monoisotopic (exact) mass is 649 g/mol. The molecule has 4 amide bonds. The first kappa shape index (κ1) is 32.6. The molecule has 10 nitrogen and oxygen atoms in total. The number of para-hydroxylation sites is 1. The van der Waals surface area contributed by atoms with E-state index >= 15 is 0 Å². The first-order chi connectivity index (χ1) is 22.3. The van der Waals surface area contributed by atoms with E-state index in [1.165, 1.54) is 0 Å². The van der Waals surface area contributed by atoms with Gasteiger partial charge in [0, 0.05) is 70.0 Å². The summed E-state index contributed by atoms with van der Waals surface area (Å²) < 4.78 is 0. The van der Waals surface area contributed by atoms with E-state index in [0.717, 1.165) is 67.8 Å². The van der Waals surface area contributed by atoms with Crippen LogP contribution in [0, 0.1) is 5.92 Å². The van der Waals surface area contributed by atoms with Crippen molar-refractivity contribution in [1.29, 1.82) is 0 Å². The second kappa shape index (κ2) is 14.6. The van der Waals surface area contributed by atoms with Gasteiger partial charge in [-0.25, -0.2) is 4.79 Å². The number of piperidine rings is 2. The van der Waals surface area contributed by atoms with Crippen molar-refractivity contribution in [2.45, 2.75) is 70.5 Å². The van der Waals surface area contributed by atoms with Crippen molar-refractivity contribution < 1.29 is 14.4 Å². The zero-order chi connectivity index (χ0) is 32.2. The zero-order valence-corrected chi connectivity index (χ0v) is 27.7. The van der Waals surface area contributed by atoms with E-state index in [-0.39, 0.29) is 30.3 Å². The number of aryl methyl sites for hydroxylation is 1. The highest BCUT2D eigenvalue weighted by molar-refractivity contribution is 6.33. The number of nitrogens with two attached hydrogens (primary N) is 1. The van der Waals surface area contributed by atoms with Gasteiger partial charge < -0.3 is 31.1 Å². The number of amides is 4. The highest BCUT2D eigenvalue weighted by Crippen LogP contribution is 2.30. The molecule has 4 heterocycles. The minimum absolute atomic E-state index is 0.00385. The zero-order valence-electron chi connectivity index (χ0n) is 27.0. The Morgan fingerprint density at radius 1 is 0.957 bits per heavy atom. The maximum Gasteiger partial charge on any atom is 0.322 e. The highest BCUT2D eigenvalue weighted by atomic mass is 35.5. The number of carbonyl (C=O) groups is 3. The number of carbonyl (C=O) groups excluding carboxylic acids is 3. The summed E-state index contributed by atoms with van der Waals surface area (Å²) in [5.41, 5.74) is 10.7. The second-order valence-corrected chi connectivity index (χ2v) is 13.7. The minimum atomic E-state index is -0.482. The molecule has 0 aromatic heterocycles. The fourth-order valence-corrected chi connectivity index (χ4v) is 7.96. The second-order valence-electron chi connectivity index (χ2n) is 13.3. The number of halogens is 1.